The third-order valence-corrected chi connectivity index (χ3v) is 1.70. The normalized spacial score (nSPS) is 8.36. The average molecular weight is 190 g/mol. The molecule has 0 saturated carbocycles. The Kier molecular flexibility index (Phi) is 6.42. The van der Waals surface area contributed by atoms with Crippen LogP contribution in [0.25, 0.3) is 0 Å². The van der Waals surface area contributed by atoms with Crippen molar-refractivity contribution in [3.8, 4) is 0 Å². The van der Waals surface area contributed by atoms with E-state index in [0.717, 1.165) is 11.4 Å². The molecule has 0 unspecified atom stereocenters. The molecule has 1 aromatic rings. The van der Waals surface area contributed by atoms with Gasteiger partial charge in [-0.15, -0.1) is 12.6 Å². The first-order valence-corrected chi connectivity index (χ1v) is 4.18. The second-order valence-electron chi connectivity index (χ2n) is 1.86. The number of nitrogens with two attached hydrogens (primary N) is 1. The molecular weight excluding hydrogens is 178 g/mol. The van der Waals surface area contributed by atoms with E-state index in [9.17, 15) is 0 Å². The van der Waals surface area contributed by atoms with Gasteiger partial charge in [-0.2, -0.15) is 0 Å². The van der Waals surface area contributed by atoms with Crippen molar-refractivity contribution in [1.29, 1.82) is 0 Å². The maximum Gasteiger partial charge on any atom is 0.0539 e. The molecule has 1 rings (SSSR count). The third-order valence-electron chi connectivity index (χ3n) is 0.852. The molecule has 0 aliphatic carbocycles. The van der Waals surface area contributed by atoms with Gasteiger partial charge in [0.15, 0.2) is 0 Å². The third kappa shape index (κ3) is 5.13. The zero-order chi connectivity index (χ0) is 8.69. The van der Waals surface area contributed by atoms with Crippen LogP contribution in [0.2, 0.25) is 5.02 Å². The summed E-state index contributed by atoms with van der Waals surface area (Å²) in [6.45, 7) is 2.65. The topological polar surface area (TPSA) is 26.0 Å². The van der Waals surface area contributed by atoms with Crippen LogP contribution < -0.4 is 5.73 Å². The predicted octanol–water partition coefficient (Wildman–Crippen LogP) is 2.59. The molecule has 62 valence electrons. The number of benzene rings is 1. The molecule has 0 saturated heterocycles. The Morgan fingerprint density at radius 1 is 1.45 bits per heavy atom. The van der Waals surface area contributed by atoms with Gasteiger partial charge < -0.3 is 5.73 Å². The Labute approximate surface area is 78.0 Å². The van der Waals surface area contributed by atoms with Gasteiger partial charge in [0.2, 0.25) is 0 Å². The standard InChI is InChI=1S/C6H5ClS.C2H7N/c7-5-3-1-2-4-6(5)8;1-2-3/h1-4,8H;2-3H2,1H3. The van der Waals surface area contributed by atoms with Gasteiger partial charge in [0.05, 0.1) is 5.02 Å². The number of thiol groups is 1. The molecule has 3 heteroatoms. The van der Waals surface area contributed by atoms with Crippen LogP contribution in [0.5, 0.6) is 0 Å². The molecule has 0 heterocycles. The molecule has 2 N–H and O–H groups in total. The fourth-order valence-electron chi connectivity index (χ4n) is 0.452. The van der Waals surface area contributed by atoms with Crippen molar-refractivity contribution >= 4 is 24.2 Å². The van der Waals surface area contributed by atoms with Crippen molar-refractivity contribution in [2.24, 2.45) is 5.73 Å². The van der Waals surface area contributed by atoms with Gasteiger partial charge >= 0.3 is 0 Å². The van der Waals surface area contributed by atoms with E-state index in [4.69, 9.17) is 17.3 Å². The first-order chi connectivity index (χ1) is 5.22. The fourth-order valence-corrected chi connectivity index (χ4v) is 0.748. The molecule has 0 atom stereocenters. The Balaban J connectivity index is 0.000000292. The van der Waals surface area contributed by atoms with E-state index in [1.54, 1.807) is 0 Å². The zero-order valence-electron chi connectivity index (χ0n) is 6.42. The molecule has 1 nitrogen and oxygen atoms in total. The van der Waals surface area contributed by atoms with E-state index < -0.39 is 0 Å². The van der Waals surface area contributed by atoms with Crippen LogP contribution in [0.4, 0.5) is 0 Å². The minimum absolute atomic E-state index is 0.704. The highest BCUT2D eigenvalue weighted by atomic mass is 35.5. The van der Waals surface area contributed by atoms with Gasteiger partial charge in [0, 0.05) is 4.90 Å². The van der Waals surface area contributed by atoms with Gasteiger partial charge in [-0.05, 0) is 18.7 Å². The van der Waals surface area contributed by atoms with Gasteiger partial charge in [0.25, 0.3) is 0 Å². The first-order valence-electron chi connectivity index (χ1n) is 3.36. The fraction of sp³-hybridized carbons (Fsp3) is 0.250. The van der Waals surface area contributed by atoms with Crippen molar-refractivity contribution in [2.45, 2.75) is 11.8 Å². The van der Waals surface area contributed by atoms with Gasteiger partial charge in [-0.3, -0.25) is 0 Å². The van der Waals surface area contributed by atoms with E-state index in [1.807, 2.05) is 31.2 Å². The van der Waals surface area contributed by atoms with E-state index in [2.05, 4.69) is 12.6 Å². The molecular formula is C8H12ClNS. The molecule has 0 fully saturated rings. The van der Waals surface area contributed by atoms with E-state index in [1.165, 1.54) is 0 Å². The maximum absolute atomic E-state index is 5.63. The first kappa shape index (κ1) is 10.8. The van der Waals surface area contributed by atoms with Crippen LogP contribution in [0.15, 0.2) is 29.2 Å². The number of hydrogen-bond donors (Lipinski definition) is 2. The lowest BCUT2D eigenvalue weighted by Gasteiger charge is -1.90. The van der Waals surface area contributed by atoms with E-state index >= 15 is 0 Å². The maximum atomic E-state index is 5.63. The van der Waals surface area contributed by atoms with Gasteiger partial charge in [-0.1, -0.05) is 30.7 Å². The summed E-state index contributed by atoms with van der Waals surface area (Å²) < 4.78 is 0. The summed E-state index contributed by atoms with van der Waals surface area (Å²) in [6.07, 6.45) is 0. The second-order valence-corrected chi connectivity index (χ2v) is 2.75. The molecule has 0 aromatic heterocycles. The largest absolute Gasteiger partial charge is 0.331 e. The van der Waals surface area contributed by atoms with Gasteiger partial charge in [-0.25, -0.2) is 0 Å². The van der Waals surface area contributed by atoms with Crippen molar-refractivity contribution in [3.05, 3.63) is 29.3 Å². The molecule has 1 aromatic carbocycles. The van der Waals surface area contributed by atoms with Crippen LogP contribution in [0.3, 0.4) is 0 Å². The summed E-state index contributed by atoms with van der Waals surface area (Å²) in [4.78, 5) is 0.828. The van der Waals surface area contributed by atoms with Crippen molar-refractivity contribution in [1.82, 2.24) is 0 Å². The Morgan fingerprint density at radius 2 is 1.91 bits per heavy atom. The minimum atomic E-state index is 0.704. The van der Waals surface area contributed by atoms with Crippen molar-refractivity contribution < 1.29 is 0 Å². The summed E-state index contributed by atoms with van der Waals surface area (Å²) in [5.74, 6) is 0. The summed E-state index contributed by atoms with van der Waals surface area (Å²) in [5.41, 5.74) is 4.85. The lowest BCUT2D eigenvalue weighted by molar-refractivity contribution is 1.14. The summed E-state index contributed by atoms with van der Waals surface area (Å²) >= 11 is 9.70. The smallest absolute Gasteiger partial charge is 0.0539 e. The molecule has 0 bridgehead atoms. The number of halogens is 1. The SMILES string of the molecule is CCN.Sc1ccccc1Cl. The number of rotatable bonds is 0. The van der Waals surface area contributed by atoms with Crippen LogP contribution in [0, 0.1) is 0 Å². The molecule has 0 radical (unpaired) electrons. The number of hydrogen-bond acceptors (Lipinski definition) is 2. The average Bonchev–Trinajstić information content (AvgIpc) is 1.97. The van der Waals surface area contributed by atoms with Crippen LogP contribution >= 0.6 is 24.2 Å². The molecule has 0 aliphatic heterocycles. The van der Waals surface area contributed by atoms with Crippen molar-refractivity contribution in [2.75, 3.05) is 6.54 Å². The molecule has 11 heavy (non-hydrogen) atoms. The van der Waals surface area contributed by atoms with Gasteiger partial charge in [0.1, 0.15) is 0 Å². The summed E-state index contributed by atoms with van der Waals surface area (Å²) in [5, 5.41) is 0.704. The monoisotopic (exact) mass is 189 g/mol. The molecule has 0 aliphatic rings. The van der Waals surface area contributed by atoms with Crippen LogP contribution in [-0.4, -0.2) is 6.54 Å². The lowest BCUT2D eigenvalue weighted by Crippen LogP contribution is -1.87. The Morgan fingerprint density at radius 3 is 2.18 bits per heavy atom. The predicted molar refractivity (Wildman–Crippen MR) is 53.4 cm³/mol. The van der Waals surface area contributed by atoms with Crippen molar-refractivity contribution in [3.63, 3.8) is 0 Å². The second kappa shape index (κ2) is 6.53. The lowest BCUT2D eigenvalue weighted by atomic mass is 10.4. The van der Waals surface area contributed by atoms with E-state index in [0.29, 0.717) is 5.02 Å². The quantitative estimate of drug-likeness (QED) is 0.603. The minimum Gasteiger partial charge on any atom is -0.331 e. The molecule has 0 amide bonds. The summed E-state index contributed by atoms with van der Waals surface area (Å²) in [6, 6.07) is 7.44. The molecule has 0 spiro atoms. The van der Waals surface area contributed by atoms with Crippen LogP contribution in [0.1, 0.15) is 6.92 Å². The van der Waals surface area contributed by atoms with Crippen LogP contribution in [-0.2, 0) is 0 Å². The highest BCUT2D eigenvalue weighted by Crippen LogP contribution is 2.17. The Bertz CT molecular complexity index is 182. The zero-order valence-corrected chi connectivity index (χ0v) is 8.07. The highest BCUT2D eigenvalue weighted by Gasteiger charge is 1.87. The highest BCUT2D eigenvalue weighted by molar-refractivity contribution is 7.80. The van der Waals surface area contributed by atoms with E-state index in [-0.39, 0.29) is 0 Å². The Hall–Kier alpha value is -0.180. The summed E-state index contributed by atoms with van der Waals surface area (Å²) in [7, 11) is 0.